The molecule has 0 aliphatic heterocycles. The highest BCUT2D eigenvalue weighted by molar-refractivity contribution is 6.00. The number of hydrogen-bond donors (Lipinski definition) is 2. The SMILES string of the molecule is COc1cc(C(=O)O)ccc1Cn1ccc2ccc(NC(=O)C(C)(C)c3ccccc3)cc21. The van der Waals surface area contributed by atoms with E-state index in [1.807, 2.05) is 79.2 Å². The molecule has 0 fully saturated rings. The Labute approximate surface area is 192 Å². The van der Waals surface area contributed by atoms with Crippen molar-refractivity contribution in [3.63, 3.8) is 0 Å². The Morgan fingerprint density at radius 1 is 1.00 bits per heavy atom. The van der Waals surface area contributed by atoms with Crippen LogP contribution in [0.25, 0.3) is 10.9 Å². The molecule has 1 aromatic heterocycles. The molecule has 4 rings (SSSR count). The smallest absolute Gasteiger partial charge is 0.335 e. The van der Waals surface area contributed by atoms with Crippen LogP contribution in [0.3, 0.4) is 0 Å². The average molecular weight is 443 g/mol. The third kappa shape index (κ3) is 4.46. The zero-order valence-corrected chi connectivity index (χ0v) is 18.8. The summed E-state index contributed by atoms with van der Waals surface area (Å²) in [6.45, 7) is 4.32. The van der Waals surface area contributed by atoms with Crippen molar-refractivity contribution < 1.29 is 19.4 Å². The second-order valence-electron chi connectivity index (χ2n) is 8.49. The second-order valence-corrected chi connectivity index (χ2v) is 8.49. The number of fused-ring (bicyclic) bond motifs is 1. The van der Waals surface area contributed by atoms with Crippen LogP contribution in [0.4, 0.5) is 5.69 Å². The topological polar surface area (TPSA) is 80.6 Å². The Kier molecular flexibility index (Phi) is 5.92. The predicted molar refractivity (Wildman–Crippen MR) is 129 cm³/mol. The van der Waals surface area contributed by atoms with Crippen molar-refractivity contribution in [3.05, 3.63) is 95.7 Å². The maximum absolute atomic E-state index is 13.1. The molecule has 0 aliphatic rings. The van der Waals surface area contributed by atoms with Crippen molar-refractivity contribution in [2.75, 3.05) is 12.4 Å². The van der Waals surface area contributed by atoms with Gasteiger partial charge in [-0.3, -0.25) is 4.79 Å². The number of nitrogens with zero attached hydrogens (tertiary/aromatic N) is 1. The van der Waals surface area contributed by atoms with E-state index >= 15 is 0 Å². The Bertz CT molecular complexity index is 1320. The quantitative estimate of drug-likeness (QED) is 0.406. The van der Waals surface area contributed by atoms with Crippen LogP contribution < -0.4 is 10.1 Å². The third-order valence-corrected chi connectivity index (χ3v) is 5.97. The van der Waals surface area contributed by atoms with Crippen molar-refractivity contribution in [1.29, 1.82) is 0 Å². The first-order valence-electron chi connectivity index (χ1n) is 10.7. The molecule has 0 spiro atoms. The lowest BCUT2D eigenvalue weighted by molar-refractivity contribution is -0.120. The summed E-state index contributed by atoms with van der Waals surface area (Å²) in [5, 5.41) is 13.3. The number of carbonyl (C=O) groups excluding carboxylic acids is 1. The first-order valence-corrected chi connectivity index (χ1v) is 10.7. The molecule has 0 aliphatic carbocycles. The molecule has 0 atom stereocenters. The molecule has 6 nitrogen and oxygen atoms in total. The van der Waals surface area contributed by atoms with E-state index in [9.17, 15) is 14.7 Å². The van der Waals surface area contributed by atoms with Crippen molar-refractivity contribution in [2.45, 2.75) is 25.8 Å². The van der Waals surface area contributed by atoms with Gasteiger partial charge in [-0.25, -0.2) is 4.79 Å². The summed E-state index contributed by atoms with van der Waals surface area (Å²) >= 11 is 0. The number of ether oxygens (including phenoxy) is 1. The van der Waals surface area contributed by atoms with E-state index in [0.717, 1.165) is 22.0 Å². The van der Waals surface area contributed by atoms with Crippen LogP contribution >= 0.6 is 0 Å². The number of benzene rings is 3. The Morgan fingerprint density at radius 2 is 1.76 bits per heavy atom. The first kappa shape index (κ1) is 22.1. The van der Waals surface area contributed by atoms with Crippen LogP contribution in [-0.4, -0.2) is 28.7 Å². The van der Waals surface area contributed by atoms with Gasteiger partial charge in [0.05, 0.1) is 30.1 Å². The maximum atomic E-state index is 13.1. The molecule has 1 amide bonds. The van der Waals surface area contributed by atoms with Crippen molar-refractivity contribution in [3.8, 4) is 5.75 Å². The van der Waals surface area contributed by atoms with Gasteiger partial charge in [0.15, 0.2) is 0 Å². The third-order valence-electron chi connectivity index (χ3n) is 5.97. The molecule has 0 saturated carbocycles. The van der Waals surface area contributed by atoms with Gasteiger partial charge in [-0.15, -0.1) is 0 Å². The van der Waals surface area contributed by atoms with E-state index in [1.165, 1.54) is 13.2 Å². The maximum Gasteiger partial charge on any atom is 0.335 e. The van der Waals surface area contributed by atoms with Gasteiger partial charge in [0.1, 0.15) is 5.75 Å². The number of aromatic nitrogens is 1. The zero-order valence-electron chi connectivity index (χ0n) is 18.8. The second kappa shape index (κ2) is 8.82. The van der Waals surface area contributed by atoms with Gasteiger partial charge >= 0.3 is 5.97 Å². The van der Waals surface area contributed by atoms with Gasteiger partial charge in [0, 0.05) is 17.4 Å². The van der Waals surface area contributed by atoms with Gasteiger partial charge in [-0.2, -0.15) is 0 Å². The minimum absolute atomic E-state index is 0.0860. The van der Waals surface area contributed by atoms with Gasteiger partial charge in [0.2, 0.25) is 5.91 Å². The van der Waals surface area contributed by atoms with E-state index in [-0.39, 0.29) is 11.5 Å². The number of aromatic carboxylic acids is 1. The highest BCUT2D eigenvalue weighted by atomic mass is 16.5. The summed E-state index contributed by atoms with van der Waals surface area (Å²) in [6.07, 6.45) is 1.97. The van der Waals surface area contributed by atoms with Crippen LogP contribution in [0.5, 0.6) is 5.75 Å². The molecule has 1 heterocycles. The lowest BCUT2D eigenvalue weighted by atomic mass is 9.83. The van der Waals surface area contributed by atoms with Gasteiger partial charge < -0.3 is 19.7 Å². The summed E-state index contributed by atoms with van der Waals surface area (Å²) in [5.41, 5.74) is 2.97. The van der Waals surface area contributed by atoms with E-state index in [1.54, 1.807) is 12.1 Å². The molecule has 3 aromatic carbocycles. The molecule has 0 unspecified atom stereocenters. The number of anilines is 1. The van der Waals surface area contributed by atoms with E-state index < -0.39 is 11.4 Å². The fourth-order valence-corrected chi connectivity index (χ4v) is 3.86. The number of amides is 1. The first-order chi connectivity index (χ1) is 15.8. The standard InChI is InChI=1S/C27H26N2O4/c1-27(2,21-7-5-4-6-8-21)26(32)28-22-12-11-18-13-14-29(23(18)16-22)17-20-10-9-19(25(30)31)15-24(20)33-3/h4-16H,17H2,1-3H3,(H,28,32)(H,30,31). The molecule has 168 valence electrons. The Balaban J connectivity index is 1.61. The number of methoxy groups -OCH3 is 1. The lowest BCUT2D eigenvalue weighted by Crippen LogP contribution is -2.34. The number of carbonyl (C=O) groups is 2. The molecule has 33 heavy (non-hydrogen) atoms. The van der Waals surface area contributed by atoms with Crippen LogP contribution in [-0.2, 0) is 16.8 Å². The Morgan fingerprint density at radius 3 is 2.45 bits per heavy atom. The average Bonchev–Trinajstić information content (AvgIpc) is 3.21. The molecular weight excluding hydrogens is 416 g/mol. The minimum Gasteiger partial charge on any atom is -0.496 e. The van der Waals surface area contributed by atoms with Crippen LogP contribution in [0, 0.1) is 0 Å². The number of carboxylic acids is 1. The van der Waals surface area contributed by atoms with E-state index in [4.69, 9.17) is 4.74 Å². The van der Waals surface area contributed by atoms with Gasteiger partial charge in [-0.1, -0.05) is 42.5 Å². The Hall–Kier alpha value is -4.06. The summed E-state index contributed by atoms with van der Waals surface area (Å²) < 4.78 is 7.47. The van der Waals surface area contributed by atoms with Crippen LogP contribution in [0.1, 0.15) is 35.3 Å². The molecule has 6 heteroatoms. The molecule has 0 saturated heterocycles. The summed E-state index contributed by atoms with van der Waals surface area (Å²) in [7, 11) is 1.53. The summed E-state index contributed by atoms with van der Waals surface area (Å²) in [6, 6.07) is 22.4. The number of nitrogens with one attached hydrogen (secondary N) is 1. The normalized spacial score (nSPS) is 11.4. The summed E-state index contributed by atoms with van der Waals surface area (Å²) in [5.74, 6) is -0.562. The molecule has 4 aromatic rings. The van der Waals surface area contributed by atoms with Crippen molar-refractivity contribution >= 4 is 28.5 Å². The van der Waals surface area contributed by atoms with Gasteiger partial charge in [-0.05, 0) is 55.1 Å². The van der Waals surface area contributed by atoms with E-state index in [0.29, 0.717) is 18.0 Å². The lowest BCUT2D eigenvalue weighted by Gasteiger charge is -2.24. The summed E-state index contributed by atoms with van der Waals surface area (Å²) in [4.78, 5) is 24.3. The largest absolute Gasteiger partial charge is 0.496 e. The van der Waals surface area contributed by atoms with Crippen molar-refractivity contribution in [1.82, 2.24) is 4.57 Å². The molecule has 0 radical (unpaired) electrons. The fraction of sp³-hybridized carbons (Fsp3) is 0.185. The van der Waals surface area contributed by atoms with Crippen LogP contribution in [0.2, 0.25) is 0 Å². The highest BCUT2D eigenvalue weighted by Gasteiger charge is 2.29. The van der Waals surface area contributed by atoms with Gasteiger partial charge in [0.25, 0.3) is 0 Å². The zero-order chi connectivity index (χ0) is 23.6. The highest BCUT2D eigenvalue weighted by Crippen LogP contribution is 2.28. The monoisotopic (exact) mass is 442 g/mol. The van der Waals surface area contributed by atoms with Crippen molar-refractivity contribution in [2.24, 2.45) is 0 Å². The minimum atomic E-state index is -0.995. The number of carboxylic acid groups (broad SMARTS) is 1. The predicted octanol–water partition coefficient (Wildman–Crippen LogP) is 5.31. The number of hydrogen-bond acceptors (Lipinski definition) is 3. The molecule has 2 N–H and O–H groups in total. The molecular formula is C27H26N2O4. The number of rotatable bonds is 7. The fourth-order valence-electron chi connectivity index (χ4n) is 3.86. The van der Waals surface area contributed by atoms with E-state index in [2.05, 4.69) is 5.32 Å². The molecule has 0 bridgehead atoms. The van der Waals surface area contributed by atoms with Crippen LogP contribution in [0.15, 0.2) is 79.0 Å².